The van der Waals surface area contributed by atoms with Gasteiger partial charge in [-0.05, 0) is 11.6 Å². The van der Waals surface area contributed by atoms with Crippen LogP contribution in [0.1, 0.15) is 26.3 Å². The molecule has 0 saturated heterocycles. The SMILES string of the molecule is O=C([O-])c1cccc(OCc2ccccc2)c1C(=O)[O-].[Na+].[Na+]. The zero-order valence-electron chi connectivity index (χ0n) is 12.4. The molecule has 0 atom stereocenters. The van der Waals surface area contributed by atoms with E-state index < -0.39 is 23.1 Å². The van der Waals surface area contributed by atoms with E-state index in [0.717, 1.165) is 11.6 Å². The van der Waals surface area contributed by atoms with Gasteiger partial charge in [-0.25, -0.2) is 0 Å². The van der Waals surface area contributed by atoms with Crippen molar-refractivity contribution in [1.82, 2.24) is 0 Å². The zero-order chi connectivity index (χ0) is 14.5. The Morgan fingerprint density at radius 2 is 1.50 bits per heavy atom. The minimum atomic E-state index is -1.62. The fraction of sp³-hybridized carbons (Fsp3) is 0.0667. The summed E-state index contributed by atoms with van der Waals surface area (Å²) in [6.07, 6.45) is 0. The summed E-state index contributed by atoms with van der Waals surface area (Å²) in [4.78, 5) is 22.0. The number of rotatable bonds is 5. The molecule has 0 unspecified atom stereocenters. The summed E-state index contributed by atoms with van der Waals surface area (Å²) in [6, 6.07) is 13.0. The van der Waals surface area contributed by atoms with E-state index in [1.165, 1.54) is 12.1 Å². The van der Waals surface area contributed by atoms with Gasteiger partial charge in [-0.1, -0.05) is 42.5 Å². The smallest absolute Gasteiger partial charge is 0.545 e. The summed E-state index contributed by atoms with van der Waals surface area (Å²) in [6.45, 7) is 0.123. The van der Waals surface area contributed by atoms with E-state index >= 15 is 0 Å². The van der Waals surface area contributed by atoms with Crippen molar-refractivity contribution in [1.29, 1.82) is 0 Å². The molecule has 2 aromatic carbocycles. The molecule has 0 aliphatic heterocycles. The van der Waals surface area contributed by atoms with Crippen molar-refractivity contribution in [3.05, 3.63) is 65.2 Å². The van der Waals surface area contributed by atoms with Crippen LogP contribution in [0.3, 0.4) is 0 Å². The number of ether oxygens (including phenoxy) is 1. The fourth-order valence-corrected chi connectivity index (χ4v) is 1.77. The zero-order valence-corrected chi connectivity index (χ0v) is 16.4. The van der Waals surface area contributed by atoms with E-state index in [4.69, 9.17) is 4.74 Å². The van der Waals surface area contributed by atoms with Crippen molar-refractivity contribution in [2.45, 2.75) is 6.61 Å². The van der Waals surface area contributed by atoms with E-state index in [-0.39, 0.29) is 71.5 Å². The third-order valence-corrected chi connectivity index (χ3v) is 2.69. The maximum atomic E-state index is 11.1. The Hall–Kier alpha value is -0.820. The Morgan fingerprint density at radius 3 is 2.05 bits per heavy atom. The van der Waals surface area contributed by atoms with E-state index in [2.05, 4.69) is 0 Å². The Balaban J connectivity index is 0.00000220. The molecule has 0 saturated carbocycles. The molecule has 0 bridgehead atoms. The molecule has 0 aliphatic rings. The monoisotopic (exact) mass is 316 g/mol. The van der Waals surface area contributed by atoms with Crippen molar-refractivity contribution in [2.24, 2.45) is 0 Å². The molecule has 0 aromatic heterocycles. The summed E-state index contributed by atoms with van der Waals surface area (Å²) in [5, 5.41) is 22.0. The number of carbonyl (C=O) groups is 2. The van der Waals surface area contributed by atoms with Crippen LogP contribution in [0.15, 0.2) is 48.5 Å². The average Bonchev–Trinajstić information content (AvgIpc) is 2.45. The predicted octanol–water partition coefficient (Wildman–Crippen LogP) is -6.00. The van der Waals surface area contributed by atoms with Gasteiger partial charge in [-0.2, -0.15) is 0 Å². The maximum Gasteiger partial charge on any atom is 1.00 e. The second-order valence-electron chi connectivity index (χ2n) is 4.03. The number of carboxylic acid groups (broad SMARTS) is 2. The molecular formula is C15H10Na2O5. The van der Waals surface area contributed by atoms with Crippen LogP contribution in [0, 0.1) is 0 Å². The predicted molar refractivity (Wildman–Crippen MR) is 65.9 cm³/mol. The van der Waals surface area contributed by atoms with Crippen LogP contribution in [0.2, 0.25) is 0 Å². The summed E-state index contributed by atoms with van der Waals surface area (Å²) in [7, 11) is 0. The summed E-state index contributed by atoms with van der Waals surface area (Å²) >= 11 is 0. The molecule has 0 spiro atoms. The first-order valence-electron chi connectivity index (χ1n) is 5.82. The van der Waals surface area contributed by atoms with Crippen molar-refractivity contribution >= 4 is 11.9 Å². The number of aromatic carboxylic acids is 2. The van der Waals surface area contributed by atoms with Crippen molar-refractivity contribution in [3.63, 3.8) is 0 Å². The molecule has 2 aromatic rings. The van der Waals surface area contributed by atoms with Gasteiger partial charge in [-0.15, -0.1) is 0 Å². The minimum absolute atomic E-state index is 0. The van der Waals surface area contributed by atoms with Crippen LogP contribution in [0.4, 0.5) is 0 Å². The third-order valence-electron chi connectivity index (χ3n) is 2.69. The first-order chi connectivity index (χ1) is 9.59. The molecule has 0 amide bonds. The van der Waals surface area contributed by atoms with Gasteiger partial charge < -0.3 is 24.5 Å². The summed E-state index contributed by atoms with van der Waals surface area (Å²) in [5.74, 6) is -3.27. The second-order valence-corrected chi connectivity index (χ2v) is 4.03. The molecule has 7 heteroatoms. The van der Waals surface area contributed by atoms with Gasteiger partial charge in [0.25, 0.3) is 0 Å². The summed E-state index contributed by atoms with van der Waals surface area (Å²) < 4.78 is 5.36. The topological polar surface area (TPSA) is 89.5 Å². The van der Waals surface area contributed by atoms with Gasteiger partial charge in [-0.3, -0.25) is 0 Å². The molecule has 22 heavy (non-hydrogen) atoms. The van der Waals surface area contributed by atoms with Gasteiger partial charge in [0, 0.05) is 11.1 Å². The van der Waals surface area contributed by atoms with Gasteiger partial charge in [0.05, 0.1) is 11.9 Å². The van der Waals surface area contributed by atoms with Gasteiger partial charge >= 0.3 is 59.1 Å². The van der Waals surface area contributed by atoms with Crippen LogP contribution < -0.4 is 74.1 Å². The van der Waals surface area contributed by atoms with E-state index in [0.29, 0.717) is 0 Å². The first-order valence-corrected chi connectivity index (χ1v) is 5.82. The standard InChI is InChI=1S/C15H12O5.2Na/c16-14(17)11-7-4-8-12(13(11)15(18)19)20-9-10-5-2-1-3-6-10;;/h1-8H,9H2,(H,16,17)(H,18,19);;/q;2*+1/p-2. The molecule has 102 valence electrons. The molecule has 5 nitrogen and oxygen atoms in total. The number of hydrogen-bond acceptors (Lipinski definition) is 5. The Kier molecular flexibility index (Phi) is 9.67. The first kappa shape index (κ1) is 21.2. The van der Waals surface area contributed by atoms with Crippen LogP contribution >= 0.6 is 0 Å². The number of carbonyl (C=O) groups excluding carboxylic acids is 2. The molecule has 0 N–H and O–H groups in total. The quantitative estimate of drug-likeness (QED) is 0.512. The Labute approximate surface area is 171 Å². The largest absolute Gasteiger partial charge is 1.00 e. The Bertz CT molecular complexity index is 644. The van der Waals surface area contributed by atoms with Crippen molar-refractivity contribution in [2.75, 3.05) is 0 Å². The molecule has 0 aliphatic carbocycles. The van der Waals surface area contributed by atoms with Crippen LogP contribution in [-0.2, 0) is 6.61 Å². The number of carboxylic acids is 2. The summed E-state index contributed by atoms with van der Waals surface area (Å²) in [5.41, 5.74) is -0.144. The van der Waals surface area contributed by atoms with Crippen molar-refractivity contribution < 1.29 is 83.7 Å². The third kappa shape index (κ3) is 5.43. The van der Waals surface area contributed by atoms with Crippen molar-refractivity contribution in [3.8, 4) is 5.75 Å². The van der Waals surface area contributed by atoms with E-state index in [1.807, 2.05) is 18.2 Å². The van der Waals surface area contributed by atoms with Gasteiger partial charge in [0.2, 0.25) is 0 Å². The molecule has 0 radical (unpaired) electrons. The minimum Gasteiger partial charge on any atom is -0.545 e. The molecular weight excluding hydrogens is 306 g/mol. The number of hydrogen-bond donors (Lipinski definition) is 0. The normalized spacial score (nSPS) is 9.09. The molecule has 2 rings (SSSR count). The average molecular weight is 316 g/mol. The van der Waals surface area contributed by atoms with Gasteiger partial charge in [0.15, 0.2) is 0 Å². The van der Waals surface area contributed by atoms with E-state index in [1.54, 1.807) is 12.1 Å². The van der Waals surface area contributed by atoms with Crippen LogP contribution in [-0.4, -0.2) is 11.9 Å². The fourth-order valence-electron chi connectivity index (χ4n) is 1.77. The van der Waals surface area contributed by atoms with Crippen LogP contribution in [0.5, 0.6) is 5.75 Å². The number of benzene rings is 2. The molecule has 0 fully saturated rings. The molecule has 0 heterocycles. The van der Waals surface area contributed by atoms with Crippen LogP contribution in [0.25, 0.3) is 0 Å². The van der Waals surface area contributed by atoms with Gasteiger partial charge in [0.1, 0.15) is 12.4 Å². The second kappa shape index (κ2) is 10.0. The maximum absolute atomic E-state index is 11.1. The Morgan fingerprint density at radius 1 is 0.864 bits per heavy atom. The van der Waals surface area contributed by atoms with E-state index in [9.17, 15) is 19.8 Å².